The van der Waals surface area contributed by atoms with Crippen LogP contribution in [-0.2, 0) is 6.42 Å². The zero-order chi connectivity index (χ0) is 11.5. The number of rotatable bonds is 3. The third-order valence-corrected chi connectivity index (χ3v) is 3.16. The predicted octanol–water partition coefficient (Wildman–Crippen LogP) is 2.98. The summed E-state index contributed by atoms with van der Waals surface area (Å²) in [7, 11) is 0. The predicted molar refractivity (Wildman–Crippen MR) is 66.6 cm³/mol. The van der Waals surface area contributed by atoms with E-state index in [1.165, 1.54) is 11.1 Å². The zero-order valence-electron chi connectivity index (χ0n) is 9.78. The second-order valence-corrected chi connectivity index (χ2v) is 4.38. The Labute approximate surface area is 97.1 Å². The highest BCUT2D eigenvalue weighted by Crippen LogP contribution is 2.34. The van der Waals surface area contributed by atoms with Gasteiger partial charge in [0.2, 0.25) is 0 Å². The van der Waals surface area contributed by atoms with Gasteiger partial charge in [-0.2, -0.15) is 0 Å². The van der Waals surface area contributed by atoms with Gasteiger partial charge in [0, 0.05) is 6.04 Å². The van der Waals surface area contributed by atoms with Gasteiger partial charge in [0.15, 0.2) is 0 Å². The number of hydrogen-bond acceptors (Lipinski definition) is 2. The molecule has 0 aliphatic heterocycles. The van der Waals surface area contributed by atoms with Crippen LogP contribution in [0.2, 0.25) is 0 Å². The van der Waals surface area contributed by atoms with Gasteiger partial charge in [0.1, 0.15) is 11.9 Å². The molecule has 0 heterocycles. The maximum atomic E-state index is 6.10. The van der Waals surface area contributed by atoms with Crippen molar-refractivity contribution < 1.29 is 4.74 Å². The van der Waals surface area contributed by atoms with Crippen LogP contribution < -0.4 is 10.5 Å². The molecule has 0 radical (unpaired) electrons. The van der Waals surface area contributed by atoms with Crippen molar-refractivity contribution in [2.45, 2.75) is 38.3 Å². The van der Waals surface area contributed by atoms with Crippen molar-refractivity contribution in [3.05, 3.63) is 42.0 Å². The van der Waals surface area contributed by atoms with Gasteiger partial charge in [0.25, 0.3) is 0 Å². The van der Waals surface area contributed by atoms with Crippen LogP contribution in [0.5, 0.6) is 5.75 Å². The van der Waals surface area contributed by atoms with E-state index in [4.69, 9.17) is 10.5 Å². The van der Waals surface area contributed by atoms with Crippen LogP contribution in [0.25, 0.3) is 0 Å². The Morgan fingerprint density at radius 3 is 3.12 bits per heavy atom. The highest BCUT2D eigenvalue weighted by molar-refractivity contribution is 5.43. The van der Waals surface area contributed by atoms with E-state index in [1.54, 1.807) is 0 Å². The highest BCUT2D eigenvalue weighted by Gasteiger charge is 2.20. The van der Waals surface area contributed by atoms with Crippen LogP contribution >= 0.6 is 0 Å². The van der Waals surface area contributed by atoms with E-state index in [1.807, 2.05) is 25.1 Å². The lowest BCUT2D eigenvalue weighted by atomic mass is 9.87. The fourth-order valence-electron chi connectivity index (χ4n) is 2.21. The van der Waals surface area contributed by atoms with E-state index >= 15 is 0 Å². The van der Waals surface area contributed by atoms with Gasteiger partial charge in [-0.25, -0.2) is 0 Å². The number of nitrogens with two attached hydrogens (primary N) is 1. The molecule has 0 saturated heterocycles. The lowest BCUT2D eigenvalue weighted by molar-refractivity contribution is 0.265. The Morgan fingerprint density at radius 1 is 1.56 bits per heavy atom. The van der Waals surface area contributed by atoms with Crippen LogP contribution in [0.15, 0.2) is 30.9 Å². The number of hydrogen-bond donors (Lipinski definition) is 1. The summed E-state index contributed by atoms with van der Waals surface area (Å²) in [5, 5.41) is 0. The summed E-state index contributed by atoms with van der Waals surface area (Å²) in [5.41, 5.74) is 8.64. The normalized spacial score (nSPS) is 21.0. The molecule has 2 nitrogen and oxygen atoms in total. The van der Waals surface area contributed by atoms with Crippen molar-refractivity contribution in [1.82, 2.24) is 0 Å². The maximum absolute atomic E-state index is 6.10. The van der Waals surface area contributed by atoms with Crippen LogP contribution in [0.3, 0.4) is 0 Å². The number of fused-ring (bicyclic) bond motifs is 1. The molecule has 2 N–H and O–H groups in total. The summed E-state index contributed by atoms with van der Waals surface area (Å²) in [6, 6.07) is 6.34. The fourth-order valence-corrected chi connectivity index (χ4v) is 2.21. The number of ether oxygens (including phenoxy) is 1. The zero-order valence-corrected chi connectivity index (χ0v) is 9.78. The quantitative estimate of drug-likeness (QED) is 0.790. The Hall–Kier alpha value is -1.28. The maximum Gasteiger partial charge on any atom is 0.123 e. The smallest absolute Gasteiger partial charge is 0.123 e. The Morgan fingerprint density at radius 2 is 2.38 bits per heavy atom. The first-order valence-electron chi connectivity index (χ1n) is 5.89. The van der Waals surface area contributed by atoms with E-state index in [0.717, 1.165) is 25.0 Å². The summed E-state index contributed by atoms with van der Waals surface area (Å²) >= 11 is 0. The highest BCUT2D eigenvalue weighted by atomic mass is 16.5. The van der Waals surface area contributed by atoms with Crippen molar-refractivity contribution >= 4 is 0 Å². The minimum absolute atomic E-state index is 0.0460. The Bertz CT molecular complexity index is 386. The minimum atomic E-state index is 0.0460. The summed E-state index contributed by atoms with van der Waals surface area (Å²) in [6.07, 6.45) is 5.15. The van der Waals surface area contributed by atoms with Gasteiger partial charge in [0.05, 0.1) is 0 Å². The van der Waals surface area contributed by atoms with Crippen molar-refractivity contribution in [1.29, 1.82) is 0 Å². The first-order valence-corrected chi connectivity index (χ1v) is 5.89. The molecule has 1 aromatic carbocycles. The van der Waals surface area contributed by atoms with E-state index in [-0.39, 0.29) is 12.1 Å². The Kier molecular flexibility index (Phi) is 3.30. The van der Waals surface area contributed by atoms with Crippen molar-refractivity contribution in [2.75, 3.05) is 0 Å². The van der Waals surface area contributed by atoms with Gasteiger partial charge in [-0.05, 0) is 43.4 Å². The summed E-state index contributed by atoms with van der Waals surface area (Å²) < 4.78 is 5.84. The van der Waals surface area contributed by atoms with E-state index in [9.17, 15) is 0 Å². The largest absolute Gasteiger partial charge is 0.486 e. The van der Waals surface area contributed by atoms with Crippen LogP contribution in [0, 0.1) is 0 Å². The molecule has 0 spiro atoms. The third kappa shape index (κ3) is 2.12. The standard InChI is InChI=1S/C14H19NO/c1-3-10(2)16-14-9-5-6-11-12(14)7-4-8-13(11)15/h3,5-6,9-10,13H,1,4,7-8,15H2,2H3. The molecular weight excluding hydrogens is 198 g/mol. The van der Waals surface area contributed by atoms with Crippen molar-refractivity contribution in [3.8, 4) is 5.75 Å². The number of benzene rings is 1. The molecule has 0 saturated carbocycles. The molecule has 2 heteroatoms. The lowest BCUT2D eigenvalue weighted by Crippen LogP contribution is -2.19. The second kappa shape index (κ2) is 4.71. The van der Waals surface area contributed by atoms with E-state index in [0.29, 0.717) is 0 Å². The van der Waals surface area contributed by atoms with Crippen molar-refractivity contribution in [2.24, 2.45) is 5.73 Å². The average Bonchev–Trinajstić information content (AvgIpc) is 2.30. The molecular formula is C14H19NO. The van der Waals surface area contributed by atoms with Crippen LogP contribution in [0.1, 0.15) is 36.9 Å². The van der Waals surface area contributed by atoms with Gasteiger partial charge in [-0.15, -0.1) is 0 Å². The molecule has 1 aliphatic carbocycles. The molecule has 1 aliphatic rings. The van der Waals surface area contributed by atoms with E-state index in [2.05, 4.69) is 12.6 Å². The fraction of sp³-hybridized carbons (Fsp3) is 0.429. The van der Waals surface area contributed by atoms with Crippen molar-refractivity contribution in [3.63, 3.8) is 0 Å². The van der Waals surface area contributed by atoms with Crippen LogP contribution in [0.4, 0.5) is 0 Å². The first kappa shape index (κ1) is 11.2. The first-order chi connectivity index (χ1) is 7.72. The second-order valence-electron chi connectivity index (χ2n) is 4.38. The minimum Gasteiger partial charge on any atom is -0.486 e. The van der Waals surface area contributed by atoms with Gasteiger partial charge in [-0.3, -0.25) is 0 Å². The molecule has 2 unspecified atom stereocenters. The molecule has 0 aromatic heterocycles. The molecule has 1 aromatic rings. The summed E-state index contributed by atoms with van der Waals surface area (Å²) in [5.74, 6) is 0.972. The average molecular weight is 217 g/mol. The third-order valence-electron chi connectivity index (χ3n) is 3.16. The van der Waals surface area contributed by atoms with Crippen LogP contribution in [-0.4, -0.2) is 6.10 Å². The van der Waals surface area contributed by atoms with E-state index < -0.39 is 0 Å². The monoisotopic (exact) mass is 217 g/mol. The van der Waals surface area contributed by atoms with Gasteiger partial charge < -0.3 is 10.5 Å². The molecule has 0 bridgehead atoms. The lowest BCUT2D eigenvalue weighted by Gasteiger charge is -2.25. The molecule has 2 atom stereocenters. The molecule has 86 valence electrons. The molecule has 2 rings (SSSR count). The molecule has 0 fully saturated rings. The summed E-state index contributed by atoms with van der Waals surface area (Å²) in [6.45, 7) is 5.73. The molecule has 16 heavy (non-hydrogen) atoms. The SMILES string of the molecule is C=CC(C)Oc1cccc2c1CCCC2N. The van der Waals surface area contributed by atoms with Gasteiger partial charge in [-0.1, -0.05) is 24.8 Å². The summed E-state index contributed by atoms with van der Waals surface area (Å²) in [4.78, 5) is 0. The Balaban J connectivity index is 2.32. The van der Waals surface area contributed by atoms with Gasteiger partial charge >= 0.3 is 0 Å². The topological polar surface area (TPSA) is 35.2 Å². The molecule has 0 amide bonds.